The first-order valence-corrected chi connectivity index (χ1v) is 12.9. The molecule has 4 heteroatoms. The lowest BCUT2D eigenvalue weighted by atomic mass is 9.75. The fourth-order valence-electron chi connectivity index (χ4n) is 4.42. The molecule has 4 rings (SSSR count). The summed E-state index contributed by atoms with van der Waals surface area (Å²) in [5.74, 6) is 0.921. The minimum atomic E-state index is -0.302. The second-order valence-corrected chi connectivity index (χ2v) is 10.0. The predicted molar refractivity (Wildman–Crippen MR) is 147 cm³/mol. The molecule has 0 N–H and O–H groups in total. The normalized spacial score (nSPS) is 16.1. The maximum atomic E-state index is 6.01. The molecule has 1 aliphatic rings. The first-order valence-electron chi connectivity index (χ1n) is 12.9. The summed E-state index contributed by atoms with van der Waals surface area (Å²) >= 11 is 0. The van der Waals surface area contributed by atoms with E-state index in [0.717, 1.165) is 37.1 Å². The van der Waals surface area contributed by atoms with E-state index in [1.807, 2.05) is 0 Å². The number of unbranched alkanes of at least 4 members (excludes halogenated alkanes) is 1. The Morgan fingerprint density at radius 2 is 1.40 bits per heavy atom. The third-order valence-corrected chi connectivity index (χ3v) is 6.41. The summed E-state index contributed by atoms with van der Waals surface area (Å²) < 4.78 is 17.9. The lowest BCUT2D eigenvalue weighted by molar-refractivity contribution is 0.0343. The Morgan fingerprint density at radius 1 is 0.800 bits per heavy atom. The summed E-state index contributed by atoms with van der Waals surface area (Å²) in [6.07, 6.45) is 3.13. The summed E-state index contributed by atoms with van der Waals surface area (Å²) in [5.41, 5.74) is 7.31. The van der Waals surface area contributed by atoms with Gasteiger partial charge in [0.05, 0.1) is 6.61 Å². The van der Waals surface area contributed by atoms with Gasteiger partial charge in [0.25, 0.3) is 0 Å². The number of hydrogen-bond donors (Lipinski definition) is 0. The molecule has 1 saturated heterocycles. The van der Waals surface area contributed by atoms with Crippen LogP contribution in [0.15, 0.2) is 78.9 Å². The Balaban J connectivity index is 1.68. The highest BCUT2D eigenvalue weighted by Crippen LogP contribution is 2.35. The van der Waals surface area contributed by atoms with E-state index in [1.165, 1.54) is 27.8 Å². The van der Waals surface area contributed by atoms with Crippen molar-refractivity contribution >= 4 is 23.7 Å². The van der Waals surface area contributed by atoms with Gasteiger partial charge in [0.2, 0.25) is 0 Å². The van der Waals surface area contributed by atoms with Gasteiger partial charge < -0.3 is 14.0 Å². The topological polar surface area (TPSA) is 27.7 Å². The largest absolute Gasteiger partial charge is 0.494 e. The second-order valence-electron chi connectivity index (χ2n) is 10.0. The van der Waals surface area contributed by atoms with Gasteiger partial charge in [-0.05, 0) is 58.3 Å². The Labute approximate surface area is 211 Å². The lowest BCUT2D eigenvalue weighted by Crippen LogP contribution is -2.47. The SMILES string of the molecule is CCCCOc1ccc(C(=C(CC)c2ccccc2)c2ccc(B3OCC(C)(C)CO3)cc2)cc1. The van der Waals surface area contributed by atoms with Gasteiger partial charge in [0.1, 0.15) is 5.75 Å². The lowest BCUT2D eigenvalue weighted by Gasteiger charge is -2.33. The first kappa shape index (κ1) is 25.3. The highest BCUT2D eigenvalue weighted by molar-refractivity contribution is 6.61. The number of ether oxygens (including phenoxy) is 1. The Kier molecular flexibility index (Phi) is 8.48. The van der Waals surface area contributed by atoms with Crippen molar-refractivity contribution in [1.82, 2.24) is 0 Å². The van der Waals surface area contributed by atoms with Crippen molar-refractivity contribution in [3.8, 4) is 5.75 Å². The van der Waals surface area contributed by atoms with Crippen LogP contribution >= 0.6 is 0 Å². The van der Waals surface area contributed by atoms with Crippen LogP contribution in [0.4, 0.5) is 0 Å². The molecular formula is C31H37BO3. The second kappa shape index (κ2) is 11.7. The molecule has 0 radical (unpaired) electrons. The Morgan fingerprint density at radius 3 is 1.97 bits per heavy atom. The molecular weight excluding hydrogens is 431 g/mol. The van der Waals surface area contributed by atoms with Crippen LogP contribution < -0.4 is 10.2 Å². The van der Waals surface area contributed by atoms with Gasteiger partial charge in [-0.3, -0.25) is 0 Å². The number of hydrogen-bond acceptors (Lipinski definition) is 3. The van der Waals surface area contributed by atoms with Crippen LogP contribution in [0, 0.1) is 5.41 Å². The van der Waals surface area contributed by atoms with Gasteiger partial charge in [0, 0.05) is 18.6 Å². The number of rotatable bonds is 9. The summed E-state index contributed by atoms with van der Waals surface area (Å²) in [6.45, 7) is 10.9. The van der Waals surface area contributed by atoms with Crippen LogP contribution in [0.1, 0.15) is 63.6 Å². The van der Waals surface area contributed by atoms with Gasteiger partial charge in [-0.15, -0.1) is 0 Å². The fraction of sp³-hybridized carbons (Fsp3) is 0.355. The van der Waals surface area contributed by atoms with Gasteiger partial charge in [0.15, 0.2) is 0 Å². The highest BCUT2D eigenvalue weighted by atomic mass is 16.6. The molecule has 1 heterocycles. The average molecular weight is 468 g/mol. The molecule has 1 aliphatic heterocycles. The van der Waals surface area contributed by atoms with Crippen molar-refractivity contribution in [1.29, 1.82) is 0 Å². The zero-order valence-corrected chi connectivity index (χ0v) is 21.6. The average Bonchev–Trinajstić information content (AvgIpc) is 2.89. The molecule has 1 fully saturated rings. The maximum absolute atomic E-state index is 6.01. The van der Waals surface area contributed by atoms with Crippen molar-refractivity contribution in [2.75, 3.05) is 19.8 Å². The number of allylic oxidation sites excluding steroid dienone is 1. The van der Waals surface area contributed by atoms with E-state index in [4.69, 9.17) is 14.0 Å². The van der Waals surface area contributed by atoms with Crippen LogP contribution in [0.5, 0.6) is 5.75 Å². The summed E-state index contributed by atoms with van der Waals surface area (Å²) in [5, 5.41) is 0. The number of benzene rings is 3. The molecule has 0 unspecified atom stereocenters. The van der Waals surface area contributed by atoms with E-state index in [0.29, 0.717) is 13.2 Å². The molecule has 0 atom stereocenters. The van der Waals surface area contributed by atoms with E-state index in [9.17, 15) is 0 Å². The Bertz CT molecular complexity index is 1090. The van der Waals surface area contributed by atoms with Gasteiger partial charge in [-0.2, -0.15) is 0 Å². The molecule has 0 amide bonds. The Hall–Kier alpha value is -2.82. The van der Waals surface area contributed by atoms with Crippen molar-refractivity contribution < 1.29 is 14.0 Å². The van der Waals surface area contributed by atoms with Crippen molar-refractivity contribution in [2.24, 2.45) is 5.41 Å². The molecule has 0 saturated carbocycles. The van der Waals surface area contributed by atoms with Crippen LogP contribution in [-0.4, -0.2) is 26.9 Å². The van der Waals surface area contributed by atoms with Gasteiger partial charge in [-0.25, -0.2) is 0 Å². The first-order chi connectivity index (χ1) is 17.0. The van der Waals surface area contributed by atoms with Crippen LogP contribution in [0.3, 0.4) is 0 Å². The van der Waals surface area contributed by atoms with E-state index >= 15 is 0 Å². The quantitative estimate of drug-likeness (QED) is 0.192. The van der Waals surface area contributed by atoms with Crippen LogP contribution in [0.2, 0.25) is 0 Å². The van der Waals surface area contributed by atoms with E-state index < -0.39 is 0 Å². The third kappa shape index (κ3) is 6.45. The third-order valence-electron chi connectivity index (χ3n) is 6.41. The van der Waals surface area contributed by atoms with E-state index in [-0.39, 0.29) is 12.5 Å². The summed E-state index contributed by atoms with van der Waals surface area (Å²) in [4.78, 5) is 0. The molecule has 3 aromatic rings. The molecule has 0 bridgehead atoms. The van der Waals surface area contributed by atoms with Crippen molar-refractivity contribution in [3.63, 3.8) is 0 Å². The smallest absolute Gasteiger partial charge is 0.493 e. The monoisotopic (exact) mass is 468 g/mol. The molecule has 0 spiro atoms. The van der Waals surface area contributed by atoms with Crippen LogP contribution in [-0.2, 0) is 9.31 Å². The van der Waals surface area contributed by atoms with Gasteiger partial charge >= 0.3 is 7.12 Å². The summed E-state index contributed by atoms with van der Waals surface area (Å²) in [6, 6.07) is 27.9. The van der Waals surface area contributed by atoms with Gasteiger partial charge in [-0.1, -0.05) is 101 Å². The standard InChI is InChI=1S/C31H37BO3/c1-5-7-21-33-28-19-15-26(16-20-28)30(29(6-2)24-11-9-8-10-12-24)25-13-17-27(18-14-25)32-34-22-31(3,4)23-35-32/h8-20H,5-7,21-23H2,1-4H3. The molecule has 0 aromatic heterocycles. The molecule has 3 nitrogen and oxygen atoms in total. The zero-order valence-electron chi connectivity index (χ0n) is 21.6. The fourth-order valence-corrected chi connectivity index (χ4v) is 4.42. The molecule has 3 aromatic carbocycles. The minimum Gasteiger partial charge on any atom is -0.494 e. The molecule has 35 heavy (non-hydrogen) atoms. The van der Waals surface area contributed by atoms with Crippen molar-refractivity contribution in [2.45, 2.75) is 47.0 Å². The predicted octanol–water partition coefficient (Wildman–Crippen LogP) is 7.00. The van der Waals surface area contributed by atoms with E-state index in [2.05, 4.69) is 107 Å². The van der Waals surface area contributed by atoms with Crippen molar-refractivity contribution in [3.05, 3.63) is 95.6 Å². The van der Waals surface area contributed by atoms with E-state index in [1.54, 1.807) is 0 Å². The molecule has 0 aliphatic carbocycles. The maximum Gasteiger partial charge on any atom is 0.493 e. The highest BCUT2D eigenvalue weighted by Gasteiger charge is 2.33. The zero-order chi connectivity index (χ0) is 24.7. The minimum absolute atomic E-state index is 0.0600. The summed E-state index contributed by atoms with van der Waals surface area (Å²) in [7, 11) is -0.302. The van der Waals surface area contributed by atoms with Crippen LogP contribution in [0.25, 0.3) is 11.1 Å². The molecule has 182 valence electrons.